The SMILES string of the molecule is COc1ccc(CNCC2(c3ccccc3)CCCC2)cc1OC.Cl. The van der Waals surface area contributed by atoms with Crippen molar-refractivity contribution in [2.75, 3.05) is 20.8 Å². The Balaban J connectivity index is 0.00000225. The van der Waals surface area contributed by atoms with Crippen LogP contribution >= 0.6 is 12.4 Å². The molecule has 0 amide bonds. The smallest absolute Gasteiger partial charge is 0.161 e. The fourth-order valence-corrected chi connectivity index (χ4v) is 3.85. The normalized spacial score (nSPS) is 15.4. The summed E-state index contributed by atoms with van der Waals surface area (Å²) in [6, 6.07) is 17.1. The van der Waals surface area contributed by atoms with E-state index in [0.29, 0.717) is 0 Å². The Morgan fingerprint density at radius 1 is 0.920 bits per heavy atom. The Labute approximate surface area is 157 Å². The predicted molar refractivity (Wildman–Crippen MR) is 105 cm³/mol. The van der Waals surface area contributed by atoms with Crippen LogP contribution in [0.3, 0.4) is 0 Å². The lowest BCUT2D eigenvalue weighted by atomic mass is 9.79. The van der Waals surface area contributed by atoms with Crippen LogP contribution in [0, 0.1) is 0 Å². The van der Waals surface area contributed by atoms with E-state index in [1.807, 2.05) is 6.07 Å². The van der Waals surface area contributed by atoms with Crippen molar-refractivity contribution in [2.24, 2.45) is 0 Å². The molecule has 0 aromatic heterocycles. The zero-order valence-corrected chi connectivity index (χ0v) is 15.9. The number of benzene rings is 2. The van der Waals surface area contributed by atoms with Crippen LogP contribution in [0.2, 0.25) is 0 Å². The monoisotopic (exact) mass is 361 g/mol. The first-order chi connectivity index (χ1) is 11.8. The van der Waals surface area contributed by atoms with Gasteiger partial charge in [0, 0.05) is 18.5 Å². The molecular weight excluding hydrogens is 334 g/mol. The molecule has 1 aliphatic rings. The highest BCUT2D eigenvalue weighted by molar-refractivity contribution is 5.85. The van der Waals surface area contributed by atoms with E-state index in [1.54, 1.807) is 14.2 Å². The van der Waals surface area contributed by atoms with E-state index in [4.69, 9.17) is 9.47 Å². The molecule has 2 aromatic rings. The molecule has 2 aromatic carbocycles. The largest absolute Gasteiger partial charge is 0.493 e. The number of methoxy groups -OCH3 is 2. The molecule has 1 saturated carbocycles. The summed E-state index contributed by atoms with van der Waals surface area (Å²) >= 11 is 0. The quantitative estimate of drug-likeness (QED) is 0.773. The molecule has 0 spiro atoms. The molecule has 0 aliphatic heterocycles. The second-order valence-corrected chi connectivity index (χ2v) is 6.65. The highest BCUT2D eigenvalue weighted by Crippen LogP contribution is 2.40. The van der Waals surface area contributed by atoms with Gasteiger partial charge in [-0.1, -0.05) is 49.2 Å². The molecule has 3 nitrogen and oxygen atoms in total. The lowest BCUT2D eigenvalue weighted by molar-refractivity contribution is 0.354. The van der Waals surface area contributed by atoms with Gasteiger partial charge in [0.25, 0.3) is 0 Å². The van der Waals surface area contributed by atoms with Gasteiger partial charge in [0.05, 0.1) is 14.2 Å². The van der Waals surface area contributed by atoms with Crippen molar-refractivity contribution in [3.05, 3.63) is 59.7 Å². The summed E-state index contributed by atoms with van der Waals surface area (Å²) in [5.74, 6) is 1.56. The molecule has 0 radical (unpaired) electrons. The van der Waals surface area contributed by atoms with Gasteiger partial charge in [-0.05, 0) is 36.1 Å². The van der Waals surface area contributed by atoms with Crippen molar-refractivity contribution < 1.29 is 9.47 Å². The van der Waals surface area contributed by atoms with Crippen molar-refractivity contribution >= 4 is 12.4 Å². The van der Waals surface area contributed by atoms with Gasteiger partial charge in [0.1, 0.15) is 0 Å². The molecule has 1 fully saturated rings. The van der Waals surface area contributed by atoms with Gasteiger partial charge in [-0.15, -0.1) is 12.4 Å². The molecule has 1 aliphatic carbocycles. The van der Waals surface area contributed by atoms with Gasteiger partial charge < -0.3 is 14.8 Å². The molecule has 0 unspecified atom stereocenters. The second kappa shape index (κ2) is 9.12. The van der Waals surface area contributed by atoms with Crippen molar-refractivity contribution in [3.63, 3.8) is 0 Å². The van der Waals surface area contributed by atoms with Crippen LogP contribution in [0.15, 0.2) is 48.5 Å². The Kier molecular flexibility index (Phi) is 7.15. The maximum Gasteiger partial charge on any atom is 0.161 e. The average Bonchev–Trinajstić information content (AvgIpc) is 3.12. The Hall–Kier alpha value is -1.71. The lowest BCUT2D eigenvalue weighted by Crippen LogP contribution is -2.35. The van der Waals surface area contributed by atoms with Crippen molar-refractivity contribution in [3.8, 4) is 11.5 Å². The van der Waals surface area contributed by atoms with E-state index in [1.165, 1.54) is 36.8 Å². The van der Waals surface area contributed by atoms with Crippen LogP contribution in [0.5, 0.6) is 11.5 Å². The molecule has 25 heavy (non-hydrogen) atoms. The molecular formula is C21H28ClNO2. The minimum atomic E-state index is 0. The van der Waals surface area contributed by atoms with Crippen LogP contribution in [0.1, 0.15) is 36.8 Å². The second-order valence-electron chi connectivity index (χ2n) is 6.65. The zero-order chi connectivity index (χ0) is 16.8. The minimum Gasteiger partial charge on any atom is -0.493 e. The molecule has 4 heteroatoms. The van der Waals surface area contributed by atoms with E-state index in [9.17, 15) is 0 Å². The van der Waals surface area contributed by atoms with Crippen LogP contribution in [-0.2, 0) is 12.0 Å². The summed E-state index contributed by atoms with van der Waals surface area (Å²) in [6.45, 7) is 1.86. The van der Waals surface area contributed by atoms with E-state index in [2.05, 4.69) is 47.8 Å². The molecule has 0 heterocycles. The number of rotatable bonds is 7. The Morgan fingerprint density at radius 2 is 1.60 bits per heavy atom. The van der Waals surface area contributed by atoms with Crippen LogP contribution in [-0.4, -0.2) is 20.8 Å². The van der Waals surface area contributed by atoms with Crippen molar-refractivity contribution in [2.45, 2.75) is 37.6 Å². The van der Waals surface area contributed by atoms with Gasteiger partial charge in [-0.2, -0.15) is 0 Å². The number of hydrogen-bond acceptors (Lipinski definition) is 3. The van der Waals surface area contributed by atoms with Gasteiger partial charge >= 0.3 is 0 Å². The number of nitrogens with one attached hydrogen (secondary N) is 1. The minimum absolute atomic E-state index is 0. The van der Waals surface area contributed by atoms with Crippen LogP contribution in [0.25, 0.3) is 0 Å². The molecule has 0 atom stereocenters. The summed E-state index contributed by atoms with van der Waals surface area (Å²) in [7, 11) is 3.34. The van der Waals surface area contributed by atoms with E-state index < -0.39 is 0 Å². The highest BCUT2D eigenvalue weighted by Gasteiger charge is 2.34. The van der Waals surface area contributed by atoms with Crippen LogP contribution < -0.4 is 14.8 Å². The zero-order valence-electron chi connectivity index (χ0n) is 15.1. The third-order valence-electron chi connectivity index (χ3n) is 5.19. The molecule has 3 rings (SSSR count). The first-order valence-corrected chi connectivity index (χ1v) is 8.74. The third-order valence-corrected chi connectivity index (χ3v) is 5.19. The Morgan fingerprint density at radius 3 is 2.24 bits per heavy atom. The lowest BCUT2D eigenvalue weighted by Gasteiger charge is -2.30. The molecule has 0 bridgehead atoms. The summed E-state index contributed by atoms with van der Waals surface area (Å²) in [5, 5.41) is 3.68. The first-order valence-electron chi connectivity index (χ1n) is 8.74. The van der Waals surface area contributed by atoms with Crippen LogP contribution in [0.4, 0.5) is 0 Å². The molecule has 1 N–H and O–H groups in total. The number of hydrogen-bond donors (Lipinski definition) is 1. The van der Waals surface area contributed by atoms with Crippen molar-refractivity contribution in [1.29, 1.82) is 0 Å². The maximum atomic E-state index is 5.39. The first kappa shape index (κ1) is 19.6. The molecule has 0 saturated heterocycles. The third kappa shape index (κ3) is 4.47. The summed E-state index contributed by atoms with van der Waals surface area (Å²) in [4.78, 5) is 0. The fourth-order valence-electron chi connectivity index (χ4n) is 3.85. The summed E-state index contributed by atoms with van der Waals surface area (Å²) < 4.78 is 10.7. The number of ether oxygens (including phenoxy) is 2. The van der Waals surface area contributed by atoms with E-state index in [-0.39, 0.29) is 17.8 Å². The van der Waals surface area contributed by atoms with Gasteiger partial charge in [-0.3, -0.25) is 0 Å². The van der Waals surface area contributed by atoms with Gasteiger partial charge in [0.15, 0.2) is 11.5 Å². The standard InChI is InChI=1S/C21H27NO2.ClH/c1-23-19-11-10-17(14-20(19)24-2)15-22-16-21(12-6-7-13-21)18-8-4-3-5-9-18;/h3-5,8-11,14,22H,6-7,12-13,15-16H2,1-2H3;1H. The molecule has 136 valence electrons. The van der Waals surface area contributed by atoms with E-state index >= 15 is 0 Å². The fraction of sp³-hybridized carbons (Fsp3) is 0.429. The summed E-state index contributed by atoms with van der Waals surface area (Å²) in [5.41, 5.74) is 2.98. The van der Waals surface area contributed by atoms with E-state index in [0.717, 1.165) is 24.6 Å². The topological polar surface area (TPSA) is 30.5 Å². The Bertz CT molecular complexity index is 654. The predicted octanol–water partition coefficient (Wildman–Crippen LogP) is 4.73. The summed E-state index contributed by atoms with van der Waals surface area (Å²) in [6.07, 6.45) is 5.20. The maximum absolute atomic E-state index is 5.39. The van der Waals surface area contributed by atoms with Gasteiger partial charge in [-0.25, -0.2) is 0 Å². The van der Waals surface area contributed by atoms with Gasteiger partial charge in [0.2, 0.25) is 0 Å². The number of halogens is 1. The highest BCUT2D eigenvalue weighted by atomic mass is 35.5. The average molecular weight is 362 g/mol. The van der Waals surface area contributed by atoms with Crippen molar-refractivity contribution in [1.82, 2.24) is 5.32 Å².